The standard InChI is InChI=1S/C22H26N2O7S2/c1-3-4-15-31-20-9-11-21(12-10-20)33(29,30)16-22(24(26)17-25)19-7-5-18(6-8-19)13-14-23-32(2,27)28/h5-12,17,22-23,26H,13-16H2,1-2H3. The van der Waals surface area contributed by atoms with Gasteiger partial charge in [-0.2, -0.15) is 0 Å². The average Bonchev–Trinajstić information content (AvgIpc) is 2.77. The van der Waals surface area contributed by atoms with E-state index in [1.807, 2.05) is 0 Å². The highest BCUT2D eigenvalue weighted by Crippen LogP contribution is 2.25. The van der Waals surface area contributed by atoms with Crippen LogP contribution >= 0.6 is 0 Å². The van der Waals surface area contributed by atoms with E-state index in [9.17, 15) is 26.8 Å². The van der Waals surface area contributed by atoms with Gasteiger partial charge in [-0.1, -0.05) is 30.2 Å². The minimum Gasteiger partial charge on any atom is -0.481 e. The smallest absolute Gasteiger partial charge is 0.233 e. The Balaban J connectivity index is 2.16. The minimum atomic E-state index is -3.87. The summed E-state index contributed by atoms with van der Waals surface area (Å²) in [5.74, 6) is 5.35. The van der Waals surface area contributed by atoms with Gasteiger partial charge in [0.1, 0.15) is 12.4 Å². The number of hydrogen-bond acceptors (Lipinski definition) is 7. The third-order valence-electron chi connectivity index (χ3n) is 4.62. The van der Waals surface area contributed by atoms with Gasteiger partial charge in [-0.15, -0.1) is 5.92 Å². The molecule has 0 aliphatic carbocycles. The molecular weight excluding hydrogens is 468 g/mol. The molecule has 0 aliphatic heterocycles. The number of rotatable bonds is 12. The molecule has 2 N–H and O–H groups in total. The molecule has 0 aromatic heterocycles. The second-order valence-electron chi connectivity index (χ2n) is 7.13. The lowest BCUT2D eigenvalue weighted by Crippen LogP contribution is -2.30. The van der Waals surface area contributed by atoms with Crippen LogP contribution in [0.15, 0.2) is 53.4 Å². The molecule has 1 unspecified atom stereocenters. The van der Waals surface area contributed by atoms with E-state index in [1.54, 1.807) is 31.2 Å². The maximum Gasteiger partial charge on any atom is 0.233 e. The first-order chi connectivity index (χ1) is 15.6. The van der Waals surface area contributed by atoms with Crippen LogP contribution < -0.4 is 9.46 Å². The summed E-state index contributed by atoms with van der Waals surface area (Å²) in [6.07, 6.45) is 1.64. The molecule has 33 heavy (non-hydrogen) atoms. The maximum atomic E-state index is 12.9. The number of hydrogen-bond donors (Lipinski definition) is 2. The molecule has 178 valence electrons. The van der Waals surface area contributed by atoms with Crippen molar-refractivity contribution in [3.63, 3.8) is 0 Å². The van der Waals surface area contributed by atoms with Crippen LogP contribution in [0.5, 0.6) is 5.75 Å². The van der Waals surface area contributed by atoms with Crippen LogP contribution in [0.3, 0.4) is 0 Å². The third kappa shape index (κ3) is 8.51. The number of ether oxygens (including phenoxy) is 1. The first kappa shape index (κ1) is 26.3. The van der Waals surface area contributed by atoms with E-state index in [1.165, 1.54) is 24.3 Å². The highest BCUT2D eigenvalue weighted by atomic mass is 32.2. The largest absolute Gasteiger partial charge is 0.481 e. The number of carbonyl (C=O) groups excluding carboxylic acids is 1. The Bertz CT molecular complexity index is 1200. The van der Waals surface area contributed by atoms with Crippen LogP contribution in [0.25, 0.3) is 0 Å². The molecule has 1 amide bonds. The molecule has 2 aromatic rings. The lowest BCUT2D eigenvalue weighted by atomic mass is 10.0. The summed E-state index contributed by atoms with van der Waals surface area (Å²) >= 11 is 0. The van der Waals surface area contributed by atoms with Crippen molar-refractivity contribution < 1.29 is 31.6 Å². The summed E-state index contributed by atoms with van der Waals surface area (Å²) in [5.41, 5.74) is 1.21. The van der Waals surface area contributed by atoms with Crippen LogP contribution in [0, 0.1) is 11.8 Å². The summed E-state index contributed by atoms with van der Waals surface area (Å²) in [6, 6.07) is 11.2. The van der Waals surface area contributed by atoms with E-state index >= 15 is 0 Å². The zero-order chi connectivity index (χ0) is 24.5. The Morgan fingerprint density at radius 1 is 1.09 bits per heavy atom. The highest BCUT2D eigenvalue weighted by molar-refractivity contribution is 7.91. The molecule has 0 heterocycles. The van der Waals surface area contributed by atoms with Crippen molar-refractivity contribution in [1.29, 1.82) is 0 Å². The fourth-order valence-electron chi connectivity index (χ4n) is 2.92. The fourth-order valence-corrected chi connectivity index (χ4v) is 4.90. The van der Waals surface area contributed by atoms with Crippen molar-refractivity contribution in [3.8, 4) is 17.6 Å². The molecule has 0 aliphatic rings. The number of nitrogens with zero attached hydrogens (tertiary/aromatic N) is 1. The predicted molar refractivity (Wildman–Crippen MR) is 123 cm³/mol. The molecule has 0 saturated heterocycles. The van der Waals surface area contributed by atoms with E-state index in [4.69, 9.17) is 4.74 Å². The normalized spacial score (nSPS) is 12.3. The maximum absolute atomic E-state index is 12.9. The van der Waals surface area contributed by atoms with Gasteiger partial charge in [0.05, 0.1) is 22.9 Å². The molecule has 1 atom stereocenters. The lowest BCUT2D eigenvalue weighted by Gasteiger charge is -2.23. The quantitative estimate of drug-likeness (QED) is 0.198. The van der Waals surface area contributed by atoms with Crippen molar-refractivity contribution in [2.24, 2.45) is 0 Å². The summed E-state index contributed by atoms with van der Waals surface area (Å²) in [5, 5.41) is 10.4. The summed E-state index contributed by atoms with van der Waals surface area (Å²) < 4.78 is 55.9. The molecule has 2 rings (SSSR count). The third-order valence-corrected chi connectivity index (χ3v) is 7.09. The molecule has 2 aromatic carbocycles. The molecule has 0 radical (unpaired) electrons. The minimum absolute atomic E-state index is 0.0178. The lowest BCUT2D eigenvalue weighted by molar-refractivity contribution is -0.158. The predicted octanol–water partition coefficient (Wildman–Crippen LogP) is 1.54. The molecule has 0 fully saturated rings. The number of hydroxylamine groups is 2. The van der Waals surface area contributed by atoms with Crippen molar-refractivity contribution in [2.45, 2.75) is 24.3 Å². The summed E-state index contributed by atoms with van der Waals surface area (Å²) in [7, 11) is -7.16. The van der Waals surface area contributed by atoms with Gasteiger partial charge < -0.3 is 4.74 Å². The van der Waals surface area contributed by atoms with Gasteiger partial charge >= 0.3 is 0 Å². The average molecular weight is 495 g/mol. The highest BCUT2D eigenvalue weighted by Gasteiger charge is 2.27. The van der Waals surface area contributed by atoms with Gasteiger partial charge in [0.25, 0.3) is 0 Å². The van der Waals surface area contributed by atoms with Crippen molar-refractivity contribution in [1.82, 2.24) is 9.79 Å². The fraction of sp³-hybridized carbons (Fsp3) is 0.318. The molecule has 0 bridgehead atoms. The number of benzene rings is 2. The van der Waals surface area contributed by atoms with E-state index < -0.39 is 31.7 Å². The van der Waals surface area contributed by atoms with Gasteiger partial charge in [0.15, 0.2) is 9.84 Å². The first-order valence-corrected chi connectivity index (χ1v) is 13.4. The van der Waals surface area contributed by atoms with E-state index in [2.05, 4.69) is 16.6 Å². The number of sulfonamides is 1. The number of sulfone groups is 1. The monoisotopic (exact) mass is 494 g/mol. The van der Waals surface area contributed by atoms with Gasteiger partial charge in [-0.3, -0.25) is 10.0 Å². The summed E-state index contributed by atoms with van der Waals surface area (Å²) in [6.45, 7) is 2.08. The van der Waals surface area contributed by atoms with Crippen LogP contribution in [0.4, 0.5) is 0 Å². The zero-order valence-electron chi connectivity index (χ0n) is 18.3. The molecule has 11 heteroatoms. The Kier molecular flexibility index (Phi) is 9.43. The van der Waals surface area contributed by atoms with Crippen LogP contribution in [0.2, 0.25) is 0 Å². The molecule has 0 saturated carbocycles. The van der Waals surface area contributed by atoms with E-state index in [-0.39, 0.29) is 24.5 Å². The van der Waals surface area contributed by atoms with Gasteiger partial charge in [-0.25, -0.2) is 26.6 Å². The molecular formula is C22H26N2O7S2. The number of nitrogens with one attached hydrogen (secondary N) is 1. The topological polar surface area (TPSA) is 130 Å². The van der Waals surface area contributed by atoms with E-state index in [0.717, 1.165) is 11.8 Å². The van der Waals surface area contributed by atoms with Gasteiger partial charge in [0, 0.05) is 6.54 Å². The zero-order valence-corrected chi connectivity index (χ0v) is 19.9. The molecule has 9 nitrogen and oxygen atoms in total. The second kappa shape index (κ2) is 11.8. The van der Waals surface area contributed by atoms with Crippen molar-refractivity contribution >= 4 is 26.3 Å². The Labute approximate surface area is 194 Å². The number of amides is 1. The second-order valence-corrected chi connectivity index (χ2v) is 11.0. The van der Waals surface area contributed by atoms with E-state index in [0.29, 0.717) is 22.8 Å². The summed E-state index contributed by atoms with van der Waals surface area (Å²) in [4.78, 5) is 11.2. The van der Waals surface area contributed by atoms with Crippen molar-refractivity contribution in [3.05, 3.63) is 59.7 Å². The molecule has 0 spiro atoms. The Morgan fingerprint density at radius 2 is 1.73 bits per heavy atom. The SMILES string of the molecule is CC#CCOc1ccc(S(=O)(=O)CC(c2ccc(CCNS(C)(=O)=O)cc2)N(O)C=O)cc1. The van der Waals surface area contributed by atoms with Crippen LogP contribution in [-0.4, -0.2) is 58.7 Å². The van der Waals surface area contributed by atoms with Gasteiger partial charge in [0.2, 0.25) is 16.4 Å². The Morgan fingerprint density at radius 3 is 2.27 bits per heavy atom. The van der Waals surface area contributed by atoms with Gasteiger partial charge in [-0.05, 0) is 48.7 Å². The number of carbonyl (C=O) groups is 1. The van der Waals surface area contributed by atoms with Crippen LogP contribution in [0.1, 0.15) is 24.1 Å². The van der Waals surface area contributed by atoms with Crippen molar-refractivity contribution in [2.75, 3.05) is 25.2 Å². The first-order valence-electron chi connectivity index (χ1n) is 9.87. The Hall–Kier alpha value is -2.91. The van der Waals surface area contributed by atoms with Crippen LogP contribution in [-0.2, 0) is 31.1 Å².